The van der Waals surface area contributed by atoms with Crippen LogP contribution >= 0.6 is 0 Å². The number of aromatic nitrogens is 2. The molecule has 4 heterocycles. The first-order valence-electron chi connectivity index (χ1n) is 22.4. The Morgan fingerprint density at radius 1 is 0.277 bits per heavy atom. The summed E-state index contributed by atoms with van der Waals surface area (Å²) in [5.74, 6) is 0. The molecule has 10 aromatic carbocycles. The van der Waals surface area contributed by atoms with Gasteiger partial charge in [0.15, 0.2) is 0 Å². The second-order valence-electron chi connectivity index (χ2n) is 17.6. The molecular weight excluding hydrogens is 793 g/mol. The van der Waals surface area contributed by atoms with E-state index in [2.05, 4.69) is 215 Å². The number of para-hydroxylation sites is 4. The summed E-state index contributed by atoms with van der Waals surface area (Å²) < 4.78 is 17.6. The molecule has 0 bridgehead atoms. The standard InChI is InChI=1S/C61H36N2O2/c1-5-13-54-44(9-1)45-10-2-6-14-55(45)62(54)42-23-27-60-52(34-42)50-32-38(21-25-58(50)64-60)36-17-19-40-29-41-20-18-37(31-49(41)48(40)30-36)39-22-26-59-51(33-39)53-35-43(24-28-61(53)65-59)63-56-15-7-3-11-46(56)47-12-4-8-16-57(47)63/h1-28,30-35H,29H2. The molecule has 0 aliphatic heterocycles. The van der Waals surface area contributed by atoms with E-state index in [0.717, 1.165) is 61.7 Å². The highest BCUT2D eigenvalue weighted by Crippen LogP contribution is 2.44. The summed E-state index contributed by atoms with van der Waals surface area (Å²) in [4.78, 5) is 0. The summed E-state index contributed by atoms with van der Waals surface area (Å²) in [6.07, 6.45) is 0.930. The third-order valence-corrected chi connectivity index (χ3v) is 14.1. The van der Waals surface area contributed by atoms with Crippen molar-refractivity contribution in [2.75, 3.05) is 0 Å². The predicted octanol–water partition coefficient (Wildman–Crippen LogP) is 16.6. The monoisotopic (exact) mass is 828 g/mol. The number of fused-ring (bicyclic) bond motifs is 15. The molecule has 65 heavy (non-hydrogen) atoms. The van der Waals surface area contributed by atoms with Gasteiger partial charge in [-0.1, -0.05) is 109 Å². The van der Waals surface area contributed by atoms with Crippen LogP contribution in [0, 0.1) is 0 Å². The first-order chi connectivity index (χ1) is 32.2. The Balaban J connectivity index is 0.808. The highest BCUT2D eigenvalue weighted by Gasteiger charge is 2.22. The second-order valence-corrected chi connectivity index (χ2v) is 17.6. The van der Waals surface area contributed by atoms with Crippen molar-refractivity contribution < 1.29 is 8.83 Å². The van der Waals surface area contributed by atoms with E-state index in [9.17, 15) is 0 Å². The average molecular weight is 829 g/mol. The summed E-state index contributed by atoms with van der Waals surface area (Å²) in [7, 11) is 0. The van der Waals surface area contributed by atoms with Gasteiger partial charge in [0.25, 0.3) is 0 Å². The van der Waals surface area contributed by atoms with Gasteiger partial charge in [0, 0.05) is 54.5 Å². The van der Waals surface area contributed by atoms with Crippen molar-refractivity contribution in [2.45, 2.75) is 6.42 Å². The van der Waals surface area contributed by atoms with Gasteiger partial charge < -0.3 is 18.0 Å². The molecule has 0 saturated heterocycles. The quantitative estimate of drug-likeness (QED) is 0.177. The summed E-state index contributed by atoms with van der Waals surface area (Å²) in [6.45, 7) is 0. The van der Waals surface area contributed by atoms with Crippen LogP contribution in [-0.2, 0) is 6.42 Å². The lowest BCUT2D eigenvalue weighted by Crippen LogP contribution is -1.93. The first kappa shape index (κ1) is 34.9. The number of furan rings is 2. The van der Waals surface area contributed by atoms with Crippen LogP contribution in [0.5, 0.6) is 0 Å². The fraction of sp³-hybridized carbons (Fsp3) is 0.0164. The van der Waals surface area contributed by atoms with Gasteiger partial charge in [-0.15, -0.1) is 0 Å². The highest BCUT2D eigenvalue weighted by molar-refractivity contribution is 6.13. The topological polar surface area (TPSA) is 36.1 Å². The molecule has 302 valence electrons. The molecule has 1 aliphatic rings. The fourth-order valence-electron chi connectivity index (χ4n) is 11.1. The van der Waals surface area contributed by atoms with Crippen LogP contribution in [0.2, 0.25) is 0 Å². The van der Waals surface area contributed by atoms with Crippen molar-refractivity contribution in [3.63, 3.8) is 0 Å². The molecule has 0 saturated carbocycles. The molecule has 0 spiro atoms. The first-order valence-corrected chi connectivity index (χ1v) is 22.4. The van der Waals surface area contributed by atoms with Crippen molar-refractivity contribution in [3.05, 3.63) is 217 Å². The average Bonchev–Trinajstić information content (AvgIpc) is 4.17. The minimum absolute atomic E-state index is 0.891. The number of benzene rings is 10. The van der Waals surface area contributed by atoms with Gasteiger partial charge in [-0.05, 0) is 148 Å². The molecule has 14 aromatic rings. The molecule has 4 nitrogen and oxygen atoms in total. The molecule has 1 aliphatic carbocycles. The second kappa shape index (κ2) is 13.0. The van der Waals surface area contributed by atoms with E-state index in [1.54, 1.807) is 0 Å². The lowest BCUT2D eigenvalue weighted by molar-refractivity contribution is 0.668. The molecule has 0 fully saturated rings. The van der Waals surface area contributed by atoms with Crippen molar-refractivity contribution in [1.29, 1.82) is 0 Å². The van der Waals surface area contributed by atoms with E-state index in [1.807, 2.05) is 0 Å². The van der Waals surface area contributed by atoms with Crippen LogP contribution in [0.25, 0.3) is 132 Å². The van der Waals surface area contributed by atoms with Crippen LogP contribution in [0.4, 0.5) is 0 Å². The van der Waals surface area contributed by atoms with Gasteiger partial charge >= 0.3 is 0 Å². The molecular formula is C61H36N2O2. The Labute approximate surface area is 372 Å². The van der Waals surface area contributed by atoms with Crippen molar-refractivity contribution >= 4 is 87.5 Å². The minimum atomic E-state index is 0.891. The van der Waals surface area contributed by atoms with E-state index in [-0.39, 0.29) is 0 Å². The van der Waals surface area contributed by atoms with Crippen LogP contribution in [0.3, 0.4) is 0 Å². The van der Waals surface area contributed by atoms with Gasteiger partial charge in [-0.25, -0.2) is 0 Å². The maximum atomic E-state index is 6.45. The lowest BCUT2D eigenvalue weighted by Gasteiger charge is -2.09. The SMILES string of the molecule is c1ccc2c(c1)c1ccccc1n2-c1ccc2oc3ccc(-c4ccc5c(c4)-c4cc(-c6ccc7oc8ccc(-n9c%10ccccc%10c%10ccccc%109)cc8c7c6)ccc4C5)cc3c2c1. The third kappa shape index (κ3) is 5.02. The van der Waals surface area contributed by atoms with Gasteiger partial charge in [0.05, 0.1) is 22.1 Å². The largest absolute Gasteiger partial charge is 0.456 e. The molecule has 0 atom stereocenters. The Hall–Kier alpha value is -8.60. The minimum Gasteiger partial charge on any atom is -0.456 e. The Bertz CT molecular complexity index is 3960. The molecule has 0 radical (unpaired) electrons. The fourth-order valence-corrected chi connectivity index (χ4v) is 11.1. The summed E-state index contributed by atoms with van der Waals surface area (Å²) >= 11 is 0. The van der Waals surface area contributed by atoms with Crippen molar-refractivity contribution in [3.8, 4) is 44.8 Å². The van der Waals surface area contributed by atoms with E-state index < -0.39 is 0 Å². The van der Waals surface area contributed by atoms with E-state index in [4.69, 9.17) is 8.83 Å². The van der Waals surface area contributed by atoms with E-state index in [1.165, 1.54) is 88.1 Å². The van der Waals surface area contributed by atoms with E-state index >= 15 is 0 Å². The smallest absolute Gasteiger partial charge is 0.135 e. The number of hydrogen-bond donors (Lipinski definition) is 0. The summed E-state index contributed by atoms with van der Waals surface area (Å²) in [5, 5.41) is 9.49. The Kier molecular flexibility index (Phi) is 6.97. The maximum absolute atomic E-state index is 6.45. The number of hydrogen-bond acceptors (Lipinski definition) is 2. The van der Waals surface area contributed by atoms with Crippen LogP contribution in [-0.4, -0.2) is 9.13 Å². The molecule has 0 unspecified atom stereocenters. The third-order valence-electron chi connectivity index (χ3n) is 14.1. The Morgan fingerprint density at radius 2 is 0.600 bits per heavy atom. The van der Waals surface area contributed by atoms with E-state index in [0.29, 0.717) is 0 Å². The lowest BCUT2D eigenvalue weighted by atomic mass is 9.95. The number of rotatable bonds is 4. The van der Waals surface area contributed by atoms with Crippen LogP contribution < -0.4 is 0 Å². The molecule has 15 rings (SSSR count). The Morgan fingerprint density at radius 3 is 1.00 bits per heavy atom. The van der Waals surface area contributed by atoms with Gasteiger partial charge in [-0.2, -0.15) is 0 Å². The molecule has 4 aromatic heterocycles. The molecule has 0 N–H and O–H groups in total. The van der Waals surface area contributed by atoms with Gasteiger partial charge in [0.2, 0.25) is 0 Å². The normalized spacial score (nSPS) is 12.6. The van der Waals surface area contributed by atoms with Crippen molar-refractivity contribution in [1.82, 2.24) is 9.13 Å². The zero-order valence-electron chi connectivity index (χ0n) is 35.0. The van der Waals surface area contributed by atoms with Gasteiger partial charge in [-0.3, -0.25) is 0 Å². The zero-order valence-corrected chi connectivity index (χ0v) is 35.0. The van der Waals surface area contributed by atoms with Gasteiger partial charge in [0.1, 0.15) is 22.3 Å². The zero-order chi connectivity index (χ0) is 42.3. The summed E-state index contributed by atoms with van der Waals surface area (Å²) in [6, 6.07) is 75.1. The van der Waals surface area contributed by atoms with Crippen LogP contribution in [0.1, 0.15) is 11.1 Å². The van der Waals surface area contributed by atoms with Crippen LogP contribution in [0.15, 0.2) is 215 Å². The molecule has 0 amide bonds. The van der Waals surface area contributed by atoms with Crippen molar-refractivity contribution in [2.24, 2.45) is 0 Å². The maximum Gasteiger partial charge on any atom is 0.135 e. The summed E-state index contributed by atoms with van der Waals surface area (Å²) in [5.41, 5.74) is 20.7. The predicted molar refractivity (Wildman–Crippen MR) is 269 cm³/mol. The number of nitrogens with zero attached hydrogens (tertiary/aromatic N) is 2. The highest BCUT2D eigenvalue weighted by atomic mass is 16.3. The molecule has 4 heteroatoms.